The number of pyridine rings is 2. The summed E-state index contributed by atoms with van der Waals surface area (Å²) in [6.45, 7) is 5.81. The van der Waals surface area contributed by atoms with Crippen LogP contribution in [0.4, 0.5) is 0 Å². The summed E-state index contributed by atoms with van der Waals surface area (Å²) in [4.78, 5) is 41.2. The third kappa shape index (κ3) is 5.72. The number of carbonyl (C=O) groups excluding carboxylic acids is 2. The SMILES string of the molecule is COc1cc(C(=O)N2C[C@H](N)CCN2C)cc2nc(-c3cc4ccc([C@@H](C)NC(=O)c5ncccc5C)nc4n3CC3CC3)n(C)c12. The Morgan fingerprint density at radius 2 is 1.91 bits per heavy atom. The van der Waals surface area contributed by atoms with E-state index in [9.17, 15) is 9.59 Å². The zero-order valence-corrected chi connectivity index (χ0v) is 27.5. The fraction of sp³-hybridized carbons (Fsp3) is 0.400. The highest BCUT2D eigenvalue weighted by Crippen LogP contribution is 2.38. The van der Waals surface area contributed by atoms with Crippen LogP contribution in [-0.2, 0) is 13.6 Å². The van der Waals surface area contributed by atoms with Crippen molar-refractivity contribution in [1.82, 2.24) is 39.4 Å². The molecule has 7 rings (SSSR count). The van der Waals surface area contributed by atoms with Crippen molar-refractivity contribution in [1.29, 1.82) is 0 Å². The van der Waals surface area contributed by atoms with E-state index in [1.807, 2.05) is 61.8 Å². The summed E-state index contributed by atoms with van der Waals surface area (Å²) in [5.74, 6) is 1.54. The molecule has 1 aliphatic heterocycles. The van der Waals surface area contributed by atoms with Crippen LogP contribution in [0.5, 0.6) is 5.75 Å². The van der Waals surface area contributed by atoms with Gasteiger partial charge in [-0.1, -0.05) is 6.07 Å². The van der Waals surface area contributed by atoms with Gasteiger partial charge in [-0.25, -0.2) is 15.0 Å². The number of aromatic nitrogens is 5. The van der Waals surface area contributed by atoms with E-state index in [2.05, 4.69) is 27.0 Å². The van der Waals surface area contributed by atoms with E-state index in [0.29, 0.717) is 35.0 Å². The van der Waals surface area contributed by atoms with Gasteiger partial charge in [-0.3, -0.25) is 19.6 Å². The summed E-state index contributed by atoms with van der Waals surface area (Å²) >= 11 is 0. The van der Waals surface area contributed by atoms with E-state index in [1.165, 1.54) is 12.8 Å². The van der Waals surface area contributed by atoms with Crippen LogP contribution in [0.15, 0.2) is 48.7 Å². The van der Waals surface area contributed by atoms with Crippen molar-refractivity contribution in [2.75, 3.05) is 27.2 Å². The van der Waals surface area contributed by atoms with Crippen molar-refractivity contribution < 1.29 is 14.3 Å². The molecular formula is C35H41N9O3. The number of ether oxygens (including phenoxy) is 1. The molecule has 4 aromatic heterocycles. The van der Waals surface area contributed by atoms with Gasteiger partial charge in [0.1, 0.15) is 22.6 Å². The van der Waals surface area contributed by atoms with Crippen molar-refractivity contribution in [2.24, 2.45) is 18.7 Å². The summed E-state index contributed by atoms with van der Waals surface area (Å²) in [5.41, 5.74) is 12.0. The number of amides is 2. The Balaban J connectivity index is 1.27. The number of benzene rings is 1. The van der Waals surface area contributed by atoms with E-state index < -0.39 is 0 Å². The number of hydrazine groups is 1. The highest BCUT2D eigenvalue weighted by atomic mass is 16.5. The number of methoxy groups -OCH3 is 1. The van der Waals surface area contributed by atoms with Gasteiger partial charge in [-0.2, -0.15) is 0 Å². The second-order valence-electron chi connectivity index (χ2n) is 13.0. The molecule has 1 aromatic carbocycles. The Hall–Kier alpha value is -4.81. The maximum Gasteiger partial charge on any atom is 0.270 e. The fourth-order valence-corrected chi connectivity index (χ4v) is 6.51. The Morgan fingerprint density at radius 1 is 1.11 bits per heavy atom. The zero-order valence-electron chi connectivity index (χ0n) is 27.5. The zero-order chi connectivity index (χ0) is 33.0. The van der Waals surface area contributed by atoms with Gasteiger partial charge in [0.05, 0.1) is 36.6 Å². The highest BCUT2D eigenvalue weighted by molar-refractivity contribution is 6.00. The molecule has 5 aromatic rings. The first-order valence-corrected chi connectivity index (χ1v) is 16.2. The number of nitrogens with one attached hydrogen (secondary N) is 1. The first-order valence-electron chi connectivity index (χ1n) is 16.2. The summed E-state index contributed by atoms with van der Waals surface area (Å²) in [6.07, 6.45) is 4.81. The first-order chi connectivity index (χ1) is 22.6. The van der Waals surface area contributed by atoms with Crippen LogP contribution < -0.4 is 15.8 Å². The number of aryl methyl sites for hydroxylation is 2. The maximum atomic E-state index is 13.7. The molecule has 1 aliphatic carbocycles. The average Bonchev–Trinajstić information content (AvgIpc) is 3.74. The Bertz CT molecular complexity index is 2010. The van der Waals surface area contributed by atoms with Gasteiger partial charge in [-0.05, 0) is 81.0 Å². The van der Waals surface area contributed by atoms with Crippen molar-refractivity contribution in [3.05, 3.63) is 71.2 Å². The lowest BCUT2D eigenvalue weighted by Gasteiger charge is -2.38. The topological polar surface area (TPSA) is 136 Å². The van der Waals surface area contributed by atoms with E-state index in [0.717, 1.165) is 58.8 Å². The van der Waals surface area contributed by atoms with Crippen LogP contribution in [0, 0.1) is 12.8 Å². The highest BCUT2D eigenvalue weighted by Gasteiger charge is 2.30. The lowest BCUT2D eigenvalue weighted by molar-refractivity contribution is -0.0168. The molecule has 244 valence electrons. The number of imidazole rings is 1. The number of rotatable bonds is 8. The predicted octanol–water partition coefficient (Wildman–Crippen LogP) is 4.22. The molecule has 0 bridgehead atoms. The third-order valence-corrected chi connectivity index (χ3v) is 9.43. The van der Waals surface area contributed by atoms with Gasteiger partial charge in [0.25, 0.3) is 11.8 Å². The minimum Gasteiger partial charge on any atom is -0.494 e. The van der Waals surface area contributed by atoms with Crippen LogP contribution >= 0.6 is 0 Å². The Kier molecular flexibility index (Phi) is 7.93. The molecule has 0 unspecified atom stereocenters. The van der Waals surface area contributed by atoms with E-state index >= 15 is 0 Å². The fourth-order valence-electron chi connectivity index (χ4n) is 6.51. The first kappa shape index (κ1) is 30.8. The lowest BCUT2D eigenvalue weighted by atomic mass is 10.1. The van der Waals surface area contributed by atoms with Gasteiger partial charge in [0, 0.05) is 50.4 Å². The molecule has 2 atom stereocenters. The Morgan fingerprint density at radius 3 is 2.66 bits per heavy atom. The molecule has 0 spiro atoms. The van der Waals surface area contributed by atoms with Crippen LogP contribution in [0.2, 0.25) is 0 Å². The van der Waals surface area contributed by atoms with Crippen molar-refractivity contribution in [3.63, 3.8) is 0 Å². The minimum atomic E-state index is -0.328. The number of nitrogens with zero attached hydrogens (tertiary/aromatic N) is 7. The van der Waals surface area contributed by atoms with E-state index in [1.54, 1.807) is 24.4 Å². The van der Waals surface area contributed by atoms with Crippen LogP contribution in [0.25, 0.3) is 33.6 Å². The Labute approximate surface area is 273 Å². The summed E-state index contributed by atoms with van der Waals surface area (Å²) in [7, 11) is 5.50. The molecule has 47 heavy (non-hydrogen) atoms. The normalized spacial score (nSPS) is 17.7. The average molecular weight is 636 g/mol. The van der Waals surface area contributed by atoms with Crippen molar-refractivity contribution in [2.45, 2.75) is 51.7 Å². The predicted molar refractivity (Wildman–Crippen MR) is 180 cm³/mol. The number of fused-ring (bicyclic) bond motifs is 2. The summed E-state index contributed by atoms with van der Waals surface area (Å²) in [5, 5.41) is 7.69. The second-order valence-corrected chi connectivity index (χ2v) is 13.0. The minimum absolute atomic E-state index is 0.0610. The quantitative estimate of drug-likeness (QED) is 0.259. The molecule has 3 N–H and O–H groups in total. The number of carbonyl (C=O) groups is 2. The van der Waals surface area contributed by atoms with E-state index in [4.69, 9.17) is 20.4 Å². The van der Waals surface area contributed by atoms with Crippen molar-refractivity contribution >= 4 is 33.9 Å². The molecule has 12 heteroatoms. The summed E-state index contributed by atoms with van der Waals surface area (Å²) < 4.78 is 10.1. The monoisotopic (exact) mass is 635 g/mol. The lowest BCUT2D eigenvalue weighted by Crippen LogP contribution is -2.55. The second kappa shape index (κ2) is 12.1. The number of hydrogen-bond acceptors (Lipinski definition) is 8. The molecule has 1 saturated heterocycles. The van der Waals surface area contributed by atoms with Gasteiger partial charge < -0.3 is 24.9 Å². The van der Waals surface area contributed by atoms with Crippen LogP contribution in [0.1, 0.15) is 64.3 Å². The van der Waals surface area contributed by atoms with Gasteiger partial charge in [-0.15, -0.1) is 0 Å². The molecule has 12 nitrogen and oxygen atoms in total. The molecule has 2 aliphatic rings. The van der Waals surface area contributed by atoms with Crippen LogP contribution in [-0.4, -0.2) is 79.2 Å². The molecule has 2 amide bonds. The number of nitrogens with two attached hydrogens (primary N) is 1. The molecule has 2 fully saturated rings. The number of hydrogen-bond donors (Lipinski definition) is 2. The van der Waals surface area contributed by atoms with Gasteiger partial charge in [0.2, 0.25) is 0 Å². The van der Waals surface area contributed by atoms with Crippen molar-refractivity contribution in [3.8, 4) is 17.3 Å². The van der Waals surface area contributed by atoms with E-state index in [-0.39, 0.29) is 23.9 Å². The standard InChI is InChI=1S/C35H41N9O3/c1-20-7-6-13-37-30(20)34(45)38-21(2)26-11-10-23-16-28(43(32(23)39-26)18-22-8-9-22)33-40-27-15-24(17-29(47-5)31(27)42(33)4)35(46)44-19-25(36)12-14-41(44)3/h6-7,10-11,13,15-17,21-22,25H,8-9,12,14,18-19,36H2,1-5H3,(H,38,45)/t21-,25-/m1/s1. The summed E-state index contributed by atoms with van der Waals surface area (Å²) in [6, 6.07) is 13.1. The maximum absolute atomic E-state index is 13.7. The molecule has 5 heterocycles. The molecule has 1 saturated carbocycles. The smallest absolute Gasteiger partial charge is 0.270 e. The largest absolute Gasteiger partial charge is 0.494 e. The third-order valence-electron chi connectivity index (χ3n) is 9.43. The molecular weight excluding hydrogens is 594 g/mol. The van der Waals surface area contributed by atoms with Gasteiger partial charge >= 0.3 is 0 Å². The van der Waals surface area contributed by atoms with Crippen LogP contribution in [0.3, 0.4) is 0 Å². The molecule has 0 radical (unpaired) electrons. The van der Waals surface area contributed by atoms with Gasteiger partial charge in [0.15, 0.2) is 5.82 Å².